The minimum Gasteiger partial charge on any atom is -0.495 e. The fraction of sp³-hybridized carbons (Fsp3) is 0.435. The van der Waals surface area contributed by atoms with E-state index in [4.69, 9.17) is 4.74 Å². The number of nitrogens with zero attached hydrogens (tertiary/aromatic N) is 2. The number of fused-ring (bicyclic) bond motifs is 3. The normalized spacial score (nSPS) is 20.7. The first-order valence-corrected chi connectivity index (χ1v) is 10.5. The maximum Gasteiger partial charge on any atom is 0.416 e. The quantitative estimate of drug-likeness (QED) is 0.799. The van der Waals surface area contributed by atoms with Crippen LogP contribution >= 0.6 is 0 Å². The summed E-state index contributed by atoms with van der Waals surface area (Å²) in [7, 11) is 1.63. The molecule has 1 fully saturated rings. The maximum absolute atomic E-state index is 13.3. The van der Waals surface area contributed by atoms with Gasteiger partial charge in [0, 0.05) is 31.9 Å². The molecule has 0 saturated carbocycles. The highest BCUT2D eigenvalue weighted by atomic mass is 19.4. The van der Waals surface area contributed by atoms with Gasteiger partial charge >= 0.3 is 6.18 Å². The van der Waals surface area contributed by atoms with Crippen molar-refractivity contribution in [3.05, 3.63) is 53.6 Å². The van der Waals surface area contributed by atoms with Crippen molar-refractivity contribution in [1.82, 2.24) is 5.32 Å². The summed E-state index contributed by atoms with van der Waals surface area (Å²) in [6.07, 6.45) is -4.12. The molecular weight excluding hydrogens is 407 g/mol. The maximum atomic E-state index is 13.3. The van der Waals surface area contributed by atoms with Crippen LogP contribution in [0.4, 0.5) is 24.5 Å². The second kappa shape index (κ2) is 8.32. The van der Waals surface area contributed by atoms with Gasteiger partial charge in [-0.25, -0.2) is 0 Å². The first-order valence-electron chi connectivity index (χ1n) is 10.5. The van der Waals surface area contributed by atoms with Crippen molar-refractivity contribution in [2.75, 3.05) is 43.1 Å². The van der Waals surface area contributed by atoms with Crippen LogP contribution in [0, 0.1) is 5.92 Å². The number of halogens is 3. The van der Waals surface area contributed by atoms with E-state index >= 15 is 0 Å². The number of carbonyl (C=O) groups excluding carboxylic acids is 1. The molecule has 1 N–H and O–H groups in total. The Labute approximate surface area is 179 Å². The number of methoxy groups -OCH3 is 1. The number of para-hydroxylation sites is 2. The molecule has 0 bridgehead atoms. The standard InChI is InChI=1S/C23H26F3N3O2/c1-3-27-22(30)17-13-15-12-16(23(24,25)26)8-9-18(15)29-11-10-28(14-20(17)29)19-6-4-5-7-21(19)31-2/h4-9,12,17,20H,3,10-11,13-14H2,1-2H3,(H,27,30)/t17-,20-/m1/s1. The lowest BCUT2D eigenvalue weighted by Gasteiger charge is -2.49. The Hall–Kier alpha value is -2.90. The van der Waals surface area contributed by atoms with Gasteiger partial charge < -0.3 is 19.9 Å². The lowest BCUT2D eigenvalue weighted by molar-refractivity contribution is -0.137. The Bertz CT molecular complexity index is 963. The van der Waals surface area contributed by atoms with Crippen LogP contribution in [0.15, 0.2) is 42.5 Å². The van der Waals surface area contributed by atoms with Crippen LogP contribution in [0.2, 0.25) is 0 Å². The van der Waals surface area contributed by atoms with E-state index in [1.54, 1.807) is 13.2 Å². The van der Waals surface area contributed by atoms with Crippen LogP contribution in [0.25, 0.3) is 0 Å². The van der Waals surface area contributed by atoms with E-state index in [0.717, 1.165) is 23.2 Å². The van der Waals surface area contributed by atoms with Gasteiger partial charge in [0.1, 0.15) is 5.75 Å². The van der Waals surface area contributed by atoms with E-state index in [-0.39, 0.29) is 18.4 Å². The lowest BCUT2D eigenvalue weighted by Crippen LogP contribution is -2.61. The molecule has 2 aromatic rings. The Balaban J connectivity index is 1.70. The molecule has 0 aromatic heterocycles. The third-order valence-electron chi connectivity index (χ3n) is 6.15. The van der Waals surface area contributed by atoms with Crippen molar-refractivity contribution in [2.24, 2.45) is 5.92 Å². The number of hydrogen-bond donors (Lipinski definition) is 1. The molecule has 8 heteroatoms. The third kappa shape index (κ3) is 4.03. The molecule has 0 radical (unpaired) electrons. The zero-order valence-electron chi connectivity index (χ0n) is 17.6. The van der Waals surface area contributed by atoms with Crippen LogP contribution in [-0.4, -0.2) is 45.2 Å². The summed E-state index contributed by atoms with van der Waals surface area (Å²) >= 11 is 0. The van der Waals surface area contributed by atoms with Crippen LogP contribution in [0.5, 0.6) is 5.75 Å². The number of amides is 1. The van der Waals surface area contributed by atoms with Crippen LogP contribution < -0.4 is 19.9 Å². The third-order valence-corrected chi connectivity index (χ3v) is 6.15. The summed E-state index contributed by atoms with van der Waals surface area (Å²) in [5.74, 6) is 0.201. The van der Waals surface area contributed by atoms with E-state index in [2.05, 4.69) is 15.1 Å². The highest BCUT2D eigenvalue weighted by molar-refractivity contribution is 5.82. The van der Waals surface area contributed by atoms with E-state index in [1.807, 2.05) is 31.2 Å². The summed E-state index contributed by atoms with van der Waals surface area (Å²) in [6, 6.07) is 11.5. The van der Waals surface area contributed by atoms with Crippen LogP contribution in [0.3, 0.4) is 0 Å². The zero-order valence-corrected chi connectivity index (χ0v) is 17.6. The molecule has 2 aliphatic heterocycles. The van der Waals surface area contributed by atoms with E-state index < -0.39 is 17.7 Å². The van der Waals surface area contributed by atoms with Gasteiger partial charge in [-0.1, -0.05) is 12.1 Å². The number of ether oxygens (including phenoxy) is 1. The van der Waals surface area contributed by atoms with Gasteiger partial charge in [-0.3, -0.25) is 4.79 Å². The molecule has 0 aliphatic carbocycles. The van der Waals surface area contributed by atoms with Gasteiger partial charge in [0.25, 0.3) is 0 Å². The SMILES string of the molecule is CCNC(=O)[C@@H]1Cc2cc(C(F)(F)F)ccc2N2CCN(c3ccccc3OC)C[C@H]12. The van der Waals surface area contributed by atoms with Gasteiger partial charge in [-0.2, -0.15) is 13.2 Å². The van der Waals surface area contributed by atoms with Crippen molar-refractivity contribution >= 4 is 17.3 Å². The predicted octanol–water partition coefficient (Wildman–Crippen LogP) is 3.72. The molecule has 5 nitrogen and oxygen atoms in total. The summed E-state index contributed by atoms with van der Waals surface area (Å²) < 4.78 is 45.3. The minimum absolute atomic E-state index is 0.123. The molecule has 2 aliphatic rings. The molecule has 2 aromatic carbocycles. The highest BCUT2D eigenvalue weighted by Gasteiger charge is 2.43. The monoisotopic (exact) mass is 433 g/mol. The van der Waals surface area contributed by atoms with Crippen molar-refractivity contribution < 1.29 is 22.7 Å². The fourth-order valence-corrected chi connectivity index (χ4v) is 4.71. The molecule has 31 heavy (non-hydrogen) atoms. The Kier molecular flexibility index (Phi) is 5.73. The number of nitrogens with one attached hydrogen (secondary N) is 1. The average molecular weight is 433 g/mol. The lowest BCUT2D eigenvalue weighted by atomic mass is 9.82. The summed E-state index contributed by atoms with van der Waals surface area (Å²) in [5, 5.41) is 2.87. The summed E-state index contributed by atoms with van der Waals surface area (Å²) in [5.41, 5.74) is 1.65. The number of hydrogen-bond acceptors (Lipinski definition) is 4. The van der Waals surface area contributed by atoms with Crippen molar-refractivity contribution in [3.8, 4) is 5.75 Å². The Morgan fingerprint density at radius 2 is 1.94 bits per heavy atom. The molecule has 1 saturated heterocycles. The molecule has 4 rings (SSSR count). The van der Waals surface area contributed by atoms with Crippen LogP contribution in [0.1, 0.15) is 18.1 Å². The van der Waals surface area contributed by atoms with Crippen LogP contribution in [-0.2, 0) is 17.4 Å². The van der Waals surface area contributed by atoms with Gasteiger partial charge in [-0.15, -0.1) is 0 Å². The summed E-state index contributed by atoms with van der Waals surface area (Å²) in [4.78, 5) is 17.2. The van der Waals surface area contributed by atoms with Crippen molar-refractivity contribution in [3.63, 3.8) is 0 Å². The number of carbonyl (C=O) groups is 1. The number of benzene rings is 2. The highest BCUT2D eigenvalue weighted by Crippen LogP contribution is 2.41. The van der Waals surface area contributed by atoms with E-state index in [1.165, 1.54) is 6.07 Å². The van der Waals surface area contributed by atoms with E-state index in [0.29, 0.717) is 31.7 Å². The van der Waals surface area contributed by atoms with Gasteiger partial charge in [0.05, 0.1) is 30.3 Å². The zero-order chi connectivity index (χ0) is 22.2. The molecule has 0 spiro atoms. The first-order chi connectivity index (χ1) is 14.8. The second-order valence-electron chi connectivity index (χ2n) is 7.93. The molecule has 2 atom stereocenters. The smallest absolute Gasteiger partial charge is 0.416 e. The predicted molar refractivity (Wildman–Crippen MR) is 114 cm³/mol. The first kappa shape index (κ1) is 21.3. The Morgan fingerprint density at radius 1 is 1.16 bits per heavy atom. The van der Waals surface area contributed by atoms with Gasteiger partial charge in [0.15, 0.2) is 0 Å². The largest absolute Gasteiger partial charge is 0.495 e. The molecule has 0 unspecified atom stereocenters. The number of alkyl halides is 3. The molecule has 166 valence electrons. The second-order valence-corrected chi connectivity index (χ2v) is 7.93. The number of rotatable bonds is 4. The molecule has 1 amide bonds. The number of piperazine rings is 1. The topological polar surface area (TPSA) is 44.8 Å². The minimum atomic E-state index is -4.41. The van der Waals surface area contributed by atoms with Gasteiger partial charge in [0.2, 0.25) is 5.91 Å². The fourth-order valence-electron chi connectivity index (χ4n) is 4.71. The number of anilines is 2. The van der Waals surface area contributed by atoms with Crippen molar-refractivity contribution in [1.29, 1.82) is 0 Å². The molecule has 2 heterocycles. The van der Waals surface area contributed by atoms with Crippen molar-refractivity contribution in [2.45, 2.75) is 25.6 Å². The molecular formula is C23H26F3N3O2. The summed E-state index contributed by atoms with van der Waals surface area (Å²) in [6.45, 7) is 4.20. The van der Waals surface area contributed by atoms with Gasteiger partial charge in [-0.05, 0) is 49.2 Å². The Morgan fingerprint density at radius 3 is 2.65 bits per heavy atom. The van der Waals surface area contributed by atoms with E-state index in [9.17, 15) is 18.0 Å². The average Bonchev–Trinajstić information content (AvgIpc) is 2.77.